The molecule has 158 valence electrons. The van der Waals surface area contributed by atoms with E-state index in [2.05, 4.69) is 47.9 Å². The molecule has 30 heavy (non-hydrogen) atoms. The van der Waals surface area contributed by atoms with E-state index < -0.39 is 0 Å². The van der Waals surface area contributed by atoms with Crippen LogP contribution in [-0.2, 0) is 17.9 Å². The van der Waals surface area contributed by atoms with Crippen LogP contribution in [0, 0.1) is 0 Å². The molecule has 8 nitrogen and oxygen atoms in total. The van der Waals surface area contributed by atoms with Crippen molar-refractivity contribution < 1.29 is 4.79 Å². The lowest BCUT2D eigenvalue weighted by Crippen LogP contribution is -2.46. The van der Waals surface area contributed by atoms with Gasteiger partial charge in [0.05, 0.1) is 0 Å². The molecular weight excluding hydrogens is 468 g/mol. The maximum atomic E-state index is 12.9. The van der Waals surface area contributed by atoms with E-state index in [0.717, 1.165) is 47.9 Å². The predicted octanol–water partition coefficient (Wildman–Crippen LogP) is 2.07. The molecule has 1 amide bonds. The first-order valence-electron chi connectivity index (χ1n) is 9.88. The number of rotatable bonds is 6. The first kappa shape index (κ1) is 21.0. The molecule has 4 rings (SSSR count). The lowest BCUT2D eigenvalue weighted by Gasteiger charge is -2.33. The minimum absolute atomic E-state index is 0.0748. The quantitative estimate of drug-likeness (QED) is 0.569. The number of likely N-dealkylation sites (N-methyl/N-ethyl adjacent to an activating group) is 1. The Morgan fingerprint density at radius 1 is 1.23 bits per heavy atom. The van der Waals surface area contributed by atoms with E-state index in [9.17, 15) is 9.59 Å². The zero-order chi connectivity index (χ0) is 21.1. The van der Waals surface area contributed by atoms with E-state index in [1.165, 1.54) is 22.2 Å². The van der Waals surface area contributed by atoms with Crippen LogP contribution in [0.25, 0.3) is 10.3 Å². The number of carbonyl (C=O) groups excluding carboxylic acids is 1. The minimum Gasteiger partial charge on any atom is -0.350 e. The highest BCUT2D eigenvalue weighted by Gasteiger charge is 2.20. The van der Waals surface area contributed by atoms with Gasteiger partial charge >= 0.3 is 0 Å². The normalized spacial score (nSPS) is 14.9. The van der Waals surface area contributed by atoms with Crippen molar-refractivity contribution in [3.05, 3.63) is 51.0 Å². The van der Waals surface area contributed by atoms with Crippen LogP contribution in [0.4, 0.5) is 5.13 Å². The van der Waals surface area contributed by atoms with Gasteiger partial charge in [0.2, 0.25) is 5.91 Å². The monoisotopic (exact) mass is 490 g/mol. The number of nitrogens with zero attached hydrogens (tertiary/aromatic N) is 5. The summed E-state index contributed by atoms with van der Waals surface area (Å²) in [6.45, 7) is 7.27. The average Bonchev–Trinajstić information content (AvgIpc) is 3.20. The van der Waals surface area contributed by atoms with Gasteiger partial charge in [-0.15, -0.1) is 0 Å². The number of piperazine rings is 1. The van der Waals surface area contributed by atoms with E-state index >= 15 is 0 Å². The third-order valence-corrected chi connectivity index (χ3v) is 7.08. The molecule has 3 aromatic rings. The van der Waals surface area contributed by atoms with Gasteiger partial charge in [-0.3, -0.25) is 14.2 Å². The number of hydrogen-bond donors (Lipinski definition) is 1. The van der Waals surface area contributed by atoms with Gasteiger partial charge in [-0.05, 0) is 18.2 Å². The Hall–Kier alpha value is -2.30. The summed E-state index contributed by atoms with van der Waals surface area (Å²) in [5.41, 5.74) is 1.19. The summed E-state index contributed by atoms with van der Waals surface area (Å²) in [5.74, 6) is -0.241. The molecule has 1 N–H and O–H groups in total. The number of halogens is 1. The smallest absolute Gasteiger partial charge is 0.273 e. The fourth-order valence-electron chi connectivity index (χ4n) is 3.38. The number of hydrogen-bond acceptors (Lipinski definition) is 7. The van der Waals surface area contributed by atoms with Crippen molar-refractivity contribution >= 4 is 48.7 Å². The Morgan fingerprint density at radius 3 is 2.73 bits per heavy atom. The topological polar surface area (TPSA) is 83.4 Å². The minimum atomic E-state index is -0.241. The van der Waals surface area contributed by atoms with E-state index in [1.807, 2.05) is 24.3 Å². The summed E-state index contributed by atoms with van der Waals surface area (Å²) in [4.78, 5) is 38.7. The van der Waals surface area contributed by atoms with Crippen molar-refractivity contribution in [2.45, 2.75) is 20.0 Å². The highest BCUT2D eigenvalue weighted by Crippen LogP contribution is 2.26. The van der Waals surface area contributed by atoms with Gasteiger partial charge in [0.25, 0.3) is 5.56 Å². The Kier molecular flexibility index (Phi) is 6.45. The second-order valence-corrected chi connectivity index (χ2v) is 8.95. The second kappa shape index (κ2) is 9.23. The molecule has 2 aromatic heterocycles. The molecule has 1 aromatic carbocycles. The molecular formula is C20H23BrN6O2S. The van der Waals surface area contributed by atoms with Crippen molar-refractivity contribution in [1.82, 2.24) is 24.8 Å². The van der Waals surface area contributed by atoms with Crippen LogP contribution in [-0.4, -0.2) is 58.1 Å². The van der Waals surface area contributed by atoms with Crippen molar-refractivity contribution in [3.63, 3.8) is 0 Å². The Labute approximate surface area is 186 Å². The van der Waals surface area contributed by atoms with Gasteiger partial charge in [-0.25, -0.2) is 4.98 Å². The zero-order valence-corrected chi connectivity index (χ0v) is 19.1. The fraction of sp³-hybridized carbons (Fsp3) is 0.400. The molecule has 1 fully saturated rings. The van der Waals surface area contributed by atoms with Gasteiger partial charge in [0, 0.05) is 37.2 Å². The number of nitrogens with one attached hydrogen (secondary N) is 1. The summed E-state index contributed by atoms with van der Waals surface area (Å²) in [6, 6.07) is 7.69. The number of benzene rings is 1. The maximum absolute atomic E-state index is 12.9. The molecule has 0 aliphatic carbocycles. The van der Waals surface area contributed by atoms with Gasteiger partial charge in [0.15, 0.2) is 10.8 Å². The van der Waals surface area contributed by atoms with Gasteiger partial charge in [-0.2, -0.15) is 4.98 Å². The van der Waals surface area contributed by atoms with Crippen LogP contribution in [0.15, 0.2) is 39.9 Å². The molecule has 0 bridgehead atoms. The summed E-state index contributed by atoms with van der Waals surface area (Å²) >= 11 is 4.82. The highest BCUT2D eigenvalue weighted by atomic mass is 79.9. The summed E-state index contributed by atoms with van der Waals surface area (Å²) in [6.07, 6.45) is 1.40. The van der Waals surface area contributed by atoms with Crippen LogP contribution >= 0.6 is 27.3 Å². The predicted molar refractivity (Wildman–Crippen MR) is 122 cm³/mol. The summed E-state index contributed by atoms with van der Waals surface area (Å²) < 4.78 is 2.76. The van der Waals surface area contributed by atoms with Crippen molar-refractivity contribution in [2.75, 3.05) is 37.6 Å². The zero-order valence-electron chi connectivity index (χ0n) is 16.7. The molecule has 0 saturated carbocycles. The molecule has 1 saturated heterocycles. The third-order valence-electron chi connectivity index (χ3n) is 5.21. The first-order chi connectivity index (χ1) is 14.5. The lowest BCUT2D eigenvalue weighted by molar-refractivity contribution is -0.121. The molecule has 0 atom stereocenters. The average molecular weight is 491 g/mol. The van der Waals surface area contributed by atoms with E-state index in [1.54, 1.807) is 0 Å². The van der Waals surface area contributed by atoms with Crippen molar-refractivity contribution in [3.8, 4) is 0 Å². The largest absolute Gasteiger partial charge is 0.350 e. The van der Waals surface area contributed by atoms with E-state index in [-0.39, 0.29) is 18.0 Å². The standard InChI is InChI=1S/C20H23BrN6O2S/c1-2-25-7-9-26(10-8-25)20-24-18-17(30-20)19(29)27(13-23-18)12-16(28)22-11-14-5-3-4-6-15(14)21/h3-6,13H,2,7-12H2,1H3,(H,22,28). The van der Waals surface area contributed by atoms with Gasteiger partial charge in [0.1, 0.15) is 17.6 Å². The summed E-state index contributed by atoms with van der Waals surface area (Å²) in [7, 11) is 0. The number of thiazole rings is 1. The molecule has 0 unspecified atom stereocenters. The lowest BCUT2D eigenvalue weighted by atomic mass is 10.2. The maximum Gasteiger partial charge on any atom is 0.273 e. The summed E-state index contributed by atoms with van der Waals surface area (Å²) in [5, 5.41) is 3.67. The molecule has 1 aliphatic heterocycles. The van der Waals surface area contributed by atoms with Gasteiger partial charge < -0.3 is 15.1 Å². The number of carbonyl (C=O) groups is 1. The fourth-order valence-corrected chi connectivity index (χ4v) is 4.83. The molecule has 0 radical (unpaired) electrons. The number of anilines is 1. The number of amides is 1. The molecule has 0 spiro atoms. The number of aromatic nitrogens is 3. The van der Waals surface area contributed by atoms with Crippen LogP contribution in [0.1, 0.15) is 12.5 Å². The van der Waals surface area contributed by atoms with Crippen molar-refractivity contribution in [2.24, 2.45) is 0 Å². The van der Waals surface area contributed by atoms with Crippen LogP contribution in [0.2, 0.25) is 0 Å². The second-order valence-electron chi connectivity index (χ2n) is 7.12. The third kappa shape index (κ3) is 4.55. The van der Waals surface area contributed by atoms with Crippen molar-refractivity contribution in [1.29, 1.82) is 0 Å². The first-order valence-corrected chi connectivity index (χ1v) is 11.5. The molecule has 3 heterocycles. The molecule has 10 heteroatoms. The highest BCUT2D eigenvalue weighted by molar-refractivity contribution is 9.10. The van der Waals surface area contributed by atoms with Gasteiger partial charge in [-0.1, -0.05) is 52.4 Å². The Bertz CT molecular complexity index is 1110. The Morgan fingerprint density at radius 2 is 2.00 bits per heavy atom. The van der Waals surface area contributed by atoms with E-state index in [0.29, 0.717) is 16.9 Å². The molecule has 1 aliphatic rings. The SMILES string of the molecule is CCN1CCN(c2nc3ncn(CC(=O)NCc4ccccc4Br)c(=O)c3s2)CC1. The van der Waals surface area contributed by atoms with Crippen LogP contribution in [0.3, 0.4) is 0 Å². The van der Waals surface area contributed by atoms with Crippen LogP contribution in [0.5, 0.6) is 0 Å². The van der Waals surface area contributed by atoms with E-state index in [4.69, 9.17) is 0 Å². The number of fused-ring (bicyclic) bond motifs is 1. The Balaban J connectivity index is 1.45. The van der Waals surface area contributed by atoms with Crippen LogP contribution < -0.4 is 15.8 Å².